The lowest BCUT2D eigenvalue weighted by Gasteiger charge is -2.38. The second kappa shape index (κ2) is 12.0. The highest BCUT2D eigenvalue weighted by atomic mass is 16.5. The molecule has 6 rings (SSSR count). The van der Waals surface area contributed by atoms with E-state index in [1.165, 1.54) is 5.56 Å². The second-order valence-corrected chi connectivity index (χ2v) is 11.4. The van der Waals surface area contributed by atoms with Gasteiger partial charge in [0.05, 0.1) is 31.0 Å². The Labute approximate surface area is 241 Å². The number of hydrogen-bond acceptors (Lipinski definition) is 8. The van der Waals surface area contributed by atoms with Crippen molar-refractivity contribution in [2.24, 2.45) is 0 Å². The molecule has 2 atom stereocenters. The van der Waals surface area contributed by atoms with Gasteiger partial charge in [-0.2, -0.15) is 0 Å². The first-order valence-electron chi connectivity index (χ1n) is 14.4. The Bertz CT molecular complexity index is 1350. The molecule has 1 aromatic heterocycles. The predicted octanol–water partition coefficient (Wildman–Crippen LogP) is 4.08. The number of nitrogens with zero attached hydrogens (tertiary/aromatic N) is 5. The number of nitrogens with one attached hydrogen (secondary N) is 2. The molecule has 216 valence electrons. The fraction of sp³-hybridized carbons (Fsp3) is 0.452. The van der Waals surface area contributed by atoms with Crippen LogP contribution in [0.15, 0.2) is 48.5 Å². The number of benzene rings is 2. The van der Waals surface area contributed by atoms with Gasteiger partial charge in [0.15, 0.2) is 5.82 Å². The molecule has 2 N–H and O–H groups in total. The lowest BCUT2D eigenvalue weighted by atomic mass is 10.0. The van der Waals surface area contributed by atoms with E-state index in [2.05, 4.69) is 32.4 Å². The number of urea groups is 1. The Morgan fingerprint density at radius 3 is 2.32 bits per heavy atom. The molecule has 10 heteroatoms. The van der Waals surface area contributed by atoms with Gasteiger partial charge in [0.1, 0.15) is 18.2 Å². The van der Waals surface area contributed by atoms with Crippen LogP contribution in [0.1, 0.15) is 24.1 Å². The summed E-state index contributed by atoms with van der Waals surface area (Å²) in [7, 11) is 6.18. The van der Waals surface area contributed by atoms with Crippen LogP contribution in [0.4, 0.5) is 22.0 Å². The van der Waals surface area contributed by atoms with E-state index in [9.17, 15) is 4.79 Å². The van der Waals surface area contributed by atoms with Crippen molar-refractivity contribution in [2.75, 3.05) is 69.6 Å². The normalized spacial score (nSPS) is 20.1. The Hall–Kier alpha value is -3.73. The minimum atomic E-state index is -0.307. The number of amides is 2. The van der Waals surface area contributed by atoms with Crippen molar-refractivity contribution < 1.29 is 14.3 Å². The Morgan fingerprint density at radius 2 is 1.66 bits per heavy atom. The lowest BCUT2D eigenvalue weighted by Crippen LogP contribution is -2.47. The van der Waals surface area contributed by atoms with Crippen LogP contribution in [-0.2, 0) is 17.7 Å². The fourth-order valence-electron chi connectivity index (χ4n) is 5.83. The molecular formula is C31H39N7O3. The maximum atomic E-state index is 12.6. The SMILES string of the molecule is CN(C)CCOc1ccc(NC(=O)Nc2ccc(-c3nc4c(c(N5C6CCC5COC6)n3)CN(C)CC4)cc2)cc1. The van der Waals surface area contributed by atoms with Crippen LogP contribution in [0, 0.1) is 0 Å². The van der Waals surface area contributed by atoms with Gasteiger partial charge in [0.25, 0.3) is 0 Å². The van der Waals surface area contributed by atoms with Crippen molar-refractivity contribution in [3.05, 3.63) is 59.8 Å². The highest BCUT2D eigenvalue weighted by molar-refractivity contribution is 5.99. The average Bonchev–Trinajstić information content (AvgIpc) is 3.20. The summed E-state index contributed by atoms with van der Waals surface area (Å²) < 4.78 is 11.6. The molecule has 0 radical (unpaired) electrons. The first-order valence-corrected chi connectivity index (χ1v) is 14.4. The van der Waals surface area contributed by atoms with Gasteiger partial charge in [-0.1, -0.05) is 0 Å². The monoisotopic (exact) mass is 557 g/mol. The summed E-state index contributed by atoms with van der Waals surface area (Å²) in [5.74, 6) is 2.58. The summed E-state index contributed by atoms with van der Waals surface area (Å²) in [4.78, 5) is 29.7. The number of rotatable bonds is 8. The van der Waals surface area contributed by atoms with Gasteiger partial charge < -0.3 is 34.8 Å². The Morgan fingerprint density at radius 1 is 1.00 bits per heavy atom. The van der Waals surface area contributed by atoms with E-state index >= 15 is 0 Å². The summed E-state index contributed by atoms with van der Waals surface area (Å²) in [6.45, 7) is 4.83. The van der Waals surface area contributed by atoms with Crippen molar-refractivity contribution >= 4 is 23.2 Å². The molecule has 4 heterocycles. The van der Waals surface area contributed by atoms with Gasteiger partial charge in [0.2, 0.25) is 0 Å². The molecule has 2 saturated heterocycles. The molecule has 2 aromatic carbocycles. The number of hydrogen-bond donors (Lipinski definition) is 2. The maximum absolute atomic E-state index is 12.6. The summed E-state index contributed by atoms with van der Waals surface area (Å²) in [6, 6.07) is 15.6. The smallest absolute Gasteiger partial charge is 0.323 e. The molecular weight excluding hydrogens is 518 g/mol. The van der Waals surface area contributed by atoms with Crippen LogP contribution in [0.5, 0.6) is 5.75 Å². The highest BCUT2D eigenvalue weighted by Gasteiger charge is 2.40. The van der Waals surface area contributed by atoms with Crippen LogP contribution in [0.2, 0.25) is 0 Å². The average molecular weight is 558 g/mol. The zero-order chi connectivity index (χ0) is 28.3. The van der Waals surface area contributed by atoms with E-state index in [1.807, 2.05) is 62.6 Å². The number of anilines is 3. The zero-order valence-electron chi connectivity index (χ0n) is 24.1. The van der Waals surface area contributed by atoms with E-state index in [0.717, 1.165) is 80.8 Å². The summed E-state index contributed by atoms with van der Waals surface area (Å²) in [5.41, 5.74) is 4.72. The van der Waals surface area contributed by atoms with Crippen LogP contribution >= 0.6 is 0 Å². The first kappa shape index (κ1) is 27.4. The molecule has 0 saturated carbocycles. The fourth-order valence-corrected chi connectivity index (χ4v) is 5.83. The van der Waals surface area contributed by atoms with E-state index < -0.39 is 0 Å². The maximum Gasteiger partial charge on any atom is 0.323 e. The third-order valence-corrected chi connectivity index (χ3v) is 8.03. The Balaban J connectivity index is 1.14. The second-order valence-electron chi connectivity index (χ2n) is 11.4. The largest absolute Gasteiger partial charge is 0.492 e. The summed E-state index contributed by atoms with van der Waals surface area (Å²) in [6.07, 6.45) is 3.20. The van der Waals surface area contributed by atoms with Gasteiger partial charge in [0, 0.05) is 48.6 Å². The third-order valence-electron chi connectivity index (χ3n) is 8.03. The lowest BCUT2D eigenvalue weighted by molar-refractivity contribution is 0.0899. The number of likely N-dealkylation sites (N-methyl/N-ethyl adjacent to an activating group) is 2. The Kier molecular flexibility index (Phi) is 8.04. The highest BCUT2D eigenvalue weighted by Crippen LogP contribution is 2.38. The van der Waals surface area contributed by atoms with Gasteiger partial charge in [-0.05, 0) is 82.5 Å². The molecule has 2 unspecified atom stereocenters. The standard InChI is InChI=1S/C31H39N7O3/c1-36(2)16-17-41-26-12-8-23(9-13-26)33-31(39)32-22-6-4-21(5-7-22)29-34-28-14-15-37(3)18-27(28)30(35-29)38-24-10-11-25(38)20-40-19-24/h4-9,12-13,24-25H,10-11,14-20H2,1-3H3,(H2,32,33,39). The van der Waals surface area contributed by atoms with E-state index in [1.54, 1.807) is 0 Å². The number of fused-ring (bicyclic) bond motifs is 3. The van der Waals surface area contributed by atoms with Crippen LogP contribution in [-0.4, -0.2) is 91.9 Å². The molecule has 41 heavy (non-hydrogen) atoms. The minimum Gasteiger partial charge on any atom is -0.492 e. The minimum absolute atomic E-state index is 0.307. The van der Waals surface area contributed by atoms with Gasteiger partial charge >= 0.3 is 6.03 Å². The molecule has 2 bridgehead atoms. The summed E-state index contributed by atoms with van der Waals surface area (Å²) >= 11 is 0. The number of ether oxygens (including phenoxy) is 2. The van der Waals surface area contributed by atoms with E-state index in [4.69, 9.17) is 19.4 Å². The molecule has 10 nitrogen and oxygen atoms in total. The number of aromatic nitrogens is 2. The molecule has 3 aliphatic rings. The van der Waals surface area contributed by atoms with Crippen molar-refractivity contribution in [2.45, 2.75) is 37.9 Å². The predicted molar refractivity (Wildman–Crippen MR) is 161 cm³/mol. The van der Waals surface area contributed by atoms with Crippen molar-refractivity contribution in [1.82, 2.24) is 19.8 Å². The molecule has 3 aliphatic heterocycles. The van der Waals surface area contributed by atoms with Crippen molar-refractivity contribution in [1.29, 1.82) is 0 Å². The number of carbonyl (C=O) groups excluding carboxylic acids is 1. The summed E-state index contributed by atoms with van der Waals surface area (Å²) in [5, 5.41) is 5.79. The topological polar surface area (TPSA) is 95.1 Å². The number of morpholine rings is 1. The molecule has 3 aromatic rings. The van der Waals surface area contributed by atoms with Crippen molar-refractivity contribution in [3.8, 4) is 17.1 Å². The van der Waals surface area contributed by atoms with E-state index in [-0.39, 0.29) is 6.03 Å². The van der Waals surface area contributed by atoms with Crippen LogP contribution < -0.4 is 20.3 Å². The molecule has 2 fully saturated rings. The van der Waals surface area contributed by atoms with Gasteiger partial charge in [-0.3, -0.25) is 0 Å². The number of carbonyl (C=O) groups is 1. The van der Waals surface area contributed by atoms with E-state index in [0.29, 0.717) is 30.1 Å². The van der Waals surface area contributed by atoms with Crippen molar-refractivity contribution in [3.63, 3.8) is 0 Å². The molecule has 0 aliphatic carbocycles. The molecule has 2 amide bonds. The van der Waals surface area contributed by atoms with Gasteiger partial charge in [-0.25, -0.2) is 14.8 Å². The zero-order valence-corrected chi connectivity index (χ0v) is 24.1. The molecule has 0 spiro atoms. The van der Waals surface area contributed by atoms with Crippen LogP contribution in [0.3, 0.4) is 0 Å². The van der Waals surface area contributed by atoms with Gasteiger partial charge in [-0.15, -0.1) is 0 Å². The third kappa shape index (κ3) is 6.29. The quantitative estimate of drug-likeness (QED) is 0.428. The first-order chi connectivity index (χ1) is 19.9. The van der Waals surface area contributed by atoms with Crippen LogP contribution in [0.25, 0.3) is 11.4 Å².